The summed E-state index contributed by atoms with van der Waals surface area (Å²) in [5, 5.41) is 2.78. The van der Waals surface area contributed by atoms with Crippen LogP contribution in [0.4, 0.5) is 0 Å². The van der Waals surface area contributed by atoms with Crippen molar-refractivity contribution < 1.29 is 12.9 Å². The minimum absolute atomic E-state index is 0.123. The molecule has 6 heteroatoms. The van der Waals surface area contributed by atoms with Crippen LogP contribution < -0.4 is 0 Å². The van der Waals surface area contributed by atoms with Crippen molar-refractivity contribution in [3.05, 3.63) is 41.0 Å². The number of hydrogen-bond acceptors (Lipinski definition) is 5. The van der Waals surface area contributed by atoms with Crippen molar-refractivity contribution in [3.63, 3.8) is 0 Å². The van der Waals surface area contributed by atoms with E-state index < -0.39 is 15.1 Å². The largest absolute Gasteiger partial charge is 0.338 e. The summed E-state index contributed by atoms with van der Waals surface area (Å²) in [7, 11) is -3.52. The van der Waals surface area contributed by atoms with Gasteiger partial charge < -0.3 is 4.52 Å². The fourth-order valence-corrected chi connectivity index (χ4v) is 3.43. The Morgan fingerprint density at radius 1 is 1.21 bits per heavy atom. The molecule has 0 saturated carbocycles. The van der Waals surface area contributed by atoms with Crippen molar-refractivity contribution >= 4 is 9.84 Å². The van der Waals surface area contributed by atoms with Crippen LogP contribution >= 0.6 is 0 Å². The first kappa shape index (κ1) is 13.7. The highest BCUT2D eigenvalue weighted by atomic mass is 32.2. The van der Waals surface area contributed by atoms with Crippen LogP contribution in [0.25, 0.3) is 0 Å². The third kappa shape index (κ3) is 2.53. The van der Waals surface area contributed by atoms with Crippen LogP contribution in [-0.2, 0) is 9.84 Å². The maximum absolute atomic E-state index is 12.5. The first-order chi connectivity index (χ1) is 8.82. The van der Waals surface area contributed by atoms with Gasteiger partial charge in [-0.2, -0.15) is 4.98 Å². The smallest absolute Gasteiger partial charge is 0.245 e. The number of sulfone groups is 1. The third-order valence-electron chi connectivity index (χ3n) is 2.99. The van der Waals surface area contributed by atoms with Gasteiger partial charge in [0.2, 0.25) is 5.89 Å². The van der Waals surface area contributed by atoms with Crippen molar-refractivity contribution in [2.75, 3.05) is 0 Å². The van der Waals surface area contributed by atoms with E-state index in [0.717, 1.165) is 11.1 Å². The summed E-state index contributed by atoms with van der Waals surface area (Å²) in [5.74, 6) is 0.551. The zero-order valence-corrected chi connectivity index (χ0v) is 12.2. The first-order valence-electron chi connectivity index (χ1n) is 5.93. The molecule has 0 spiro atoms. The van der Waals surface area contributed by atoms with Crippen LogP contribution in [0.3, 0.4) is 0 Å². The molecule has 2 aromatic rings. The van der Waals surface area contributed by atoms with Gasteiger partial charge in [0.05, 0.1) is 4.90 Å². The second kappa shape index (κ2) is 4.77. The van der Waals surface area contributed by atoms with E-state index in [2.05, 4.69) is 10.1 Å². The van der Waals surface area contributed by atoms with Gasteiger partial charge in [-0.25, -0.2) is 8.42 Å². The van der Waals surface area contributed by atoms with Crippen LogP contribution in [-0.4, -0.2) is 18.6 Å². The molecule has 0 aliphatic carbocycles. The summed E-state index contributed by atoms with van der Waals surface area (Å²) in [6, 6.07) is 5.25. The average molecular weight is 280 g/mol. The number of aromatic nitrogens is 2. The van der Waals surface area contributed by atoms with Crippen molar-refractivity contribution in [1.82, 2.24) is 10.1 Å². The molecule has 0 N–H and O–H groups in total. The molecule has 19 heavy (non-hydrogen) atoms. The molecule has 5 nitrogen and oxygen atoms in total. The molecule has 0 bridgehead atoms. The second-order valence-corrected chi connectivity index (χ2v) is 6.87. The second-order valence-electron chi connectivity index (χ2n) is 4.64. The highest BCUT2D eigenvalue weighted by Crippen LogP contribution is 2.29. The monoisotopic (exact) mass is 280 g/mol. The molecule has 1 atom stereocenters. The van der Waals surface area contributed by atoms with E-state index >= 15 is 0 Å². The minimum Gasteiger partial charge on any atom is -0.338 e. The summed E-state index contributed by atoms with van der Waals surface area (Å²) in [5.41, 5.74) is 1.75. The highest BCUT2D eigenvalue weighted by molar-refractivity contribution is 7.91. The molecular weight excluding hydrogens is 264 g/mol. The van der Waals surface area contributed by atoms with E-state index in [9.17, 15) is 8.42 Å². The van der Waals surface area contributed by atoms with Gasteiger partial charge in [-0.3, -0.25) is 0 Å². The average Bonchev–Trinajstić information content (AvgIpc) is 2.74. The maximum atomic E-state index is 12.5. The van der Waals surface area contributed by atoms with Gasteiger partial charge >= 0.3 is 0 Å². The predicted octanol–water partition coefficient (Wildman–Crippen LogP) is 2.53. The molecule has 0 amide bonds. The van der Waals surface area contributed by atoms with Crippen molar-refractivity contribution in [3.8, 4) is 0 Å². The molecule has 1 unspecified atom stereocenters. The van der Waals surface area contributed by atoms with Crippen LogP contribution in [0.2, 0.25) is 0 Å². The molecule has 1 heterocycles. The summed E-state index contributed by atoms with van der Waals surface area (Å²) in [6.07, 6.45) is 0. The molecule has 1 aromatic carbocycles. The number of rotatable bonds is 3. The number of aryl methyl sites for hydroxylation is 3. The molecular formula is C13H16N2O3S. The summed E-state index contributed by atoms with van der Waals surface area (Å²) >= 11 is 0. The lowest BCUT2D eigenvalue weighted by molar-refractivity contribution is 0.373. The highest BCUT2D eigenvalue weighted by Gasteiger charge is 2.30. The Kier molecular flexibility index (Phi) is 3.45. The van der Waals surface area contributed by atoms with E-state index in [-0.39, 0.29) is 5.89 Å². The Morgan fingerprint density at radius 3 is 2.42 bits per heavy atom. The lowest BCUT2D eigenvalue weighted by Crippen LogP contribution is -2.12. The van der Waals surface area contributed by atoms with E-state index in [4.69, 9.17) is 4.52 Å². The lowest BCUT2D eigenvalue weighted by atomic mass is 10.2. The molecule has 0 aliphatic heterocycles. The topological polar surface area (TPSA) is 73.1 Å². The summed E-state index contributed by atoms with van der Waals surface area (Å²) in [4.78, 5) is 4.30. The molecule has 0 saturated heterocycles. The number of benzene rings is 1. The quantitative estimate of drug-likeness (QED) is 0.863. The van der Waals surface area contributed by atoms with E-state index in [0.29, 0.717) is 10.7 Å². The van der Waals surface area contributed by atoms with Gasteiger partial charge in [-0.05, 0) is 39.3 Å². The fraction of sp³-hybridized carbons (Fsp3) is 0.385. The Hall–Kier alpha value is -1.69. The van der Waals surface area contributed by atoms with Gasteiger partial charge in [0, 0.05) is 0 Å². The van der Waals surface area contributed by atoms with Crippen molar-refractivity contribution in [1.29, 1.82) is 0 Å². The third-order valence-corrected chi connectivity index (χ3v) is 5.20. The van der Waals surface area contributed by atoms with Crippen LogP contribution in [0.5, 0.6) is 0 Å². The SMILES string of the molecule is Cc1ccc(S(=O)(=O)C(C)c2nc(C)no2)c(C)c1. The normalized spacial score (nSPS) is 13.5. The van der Waals surface area contributed by atoms with Gasteiger partial charge in [0.15, 0.2) is 15.7 Å². The zero-order chi connectivity index (χ0) is 14.2. The molecule has 1 aromatic heterocycles. The number of nitrogens with zero attached hydrogens (tertiary/aromatic N) is 2. The van der Waals surface area contributed by atoms with Gasteiger partial charge in [-0.1, -0.05) is 22.9 Å². The molecule has 0 radical (unpaired) electrons. The predicted molar refractivity (Wildman–Crippen MR) is 70.6 cm³/mol. The standard InChI is InChI=1S/C13H16N2O3S/c1-8-5-6-12(9(2)7-8)19(16,17)10(3)13-14-11(4)15-18-13/h5-7,10H,1-4H3. The Labute approximate surface area is 112 Å². The minimum atomic E-state index is -3.52. The number of hydrogen-bond donors (Lipinski definition) is 0. The fourth-order valence-electron chi connectivity index (χ4n) is 1.92. The van der Waals surface area contributed by atoms with Crippen LogP contribution in [0, 0.1) is 20.8 Å². The Morgan fingerprint density at radius 2 is 1.89 bits per heavy atom. The summed E-state index contributed by atoms with van der Waals surface area (Å²) < 4.78 is 30.0. The Balaban J connectivity index is 2.47. The van der Waals surface area contributed by atoms with E-state index in [1.54, 1.807) is 32.9 Å². The zero-order valence-electron chi connectivity index (χ0n) is 11.3. The first-order valence-corrected chi connectivity index (χ1v) is 7.48. The van der Waals surface area contributed by atoms with Gasteiger partial charge in [-0.15, -0.1) is 0 Å². The lowest BCUT2D eigenvalue weighted by Gasteiger charge is -2.12. The van der Waals surface area contributed by atoms with E-state index in [1.807, 2.05) is 13.0 Å². The molecule has 0 aliphatic rings. The van der Waals surface area contributed by atoms with Crippen LogP contribution in [0.1, 0.15) is 35.0 Å². The molecule has 2 rings (SSSR count). The van der Waals surface area contributed by atoms with Gasteiger partial charge in [0.1, 0.15) is 5.25 Å². The van der Waals surface area contributed by atoms with Gasteiger partial charge in [0.25, 0.3) is 0 Å². The summed E-state index contributed by atoms with van der Waals surface area (Å²) in [6.45, 7) is 6.92. The van der Waals surface area contributed by atoms with Crippen molar-refractivity contribution in [2.45, 2.75) is 37.8 Å². The molecule has 102 valence electrons. The van der Waals surface area contributed by atoms with E-state index in [1.165, 1.54) is 0 Å². The maximum Gasteiger partial charge on any atom is 0.245 e. The molecule has 0 fully saturated rings. The van der Waals surface area contributed by atoms with Crippen molar-refractivity contribution in [2.24, 2.45) is 0 Å². The Bertz CT molecular complexity index is 704. The van der Waals surface area contributed by atoms with Crippen LogP contribution in [0.15, 0.2) is 27.6 Å².